The van der Waals surface area contributed by atoms with E-state index in [4.69, 9.17) is 10.2 Å². The van der Waals surface area contributed by atoms with Gasteiger partial charge in [-0.3, -0.25) is 0 Å². The minimum absolute atomic E-state index is 0.418. The number of nitrogens with zero attached hydrogens (tertiary/aromatic N) is 2. The van der Waals surface area contributed by atoms with Crippen molar-refractivity contribution in [3.8, 4) is 0 Å². The normalized spacial score (nSPS) is 20.6. The van der Waals surface area contributed by atoms with E-state index in [1.807, 2.05) is 30.3 Å². The maximum Gasteiger partial charge on any atom is 0.0997 e. The molecule has 4 aromatic rings. The van der Waals surface area contributed by atoms with Crippen LogP contribution in [-0.2, 0) is 5.41 Å². The first-order valence-electron chi connectivity index (χ1n) is 13.3. The van der Waals surface area contributed by atoms with E-state index in [0.29, 0.717) is 11.8 Å². The Morgan fingerprint density at radius 1 is 0.611 bits per heavy atom. The predicted molar refractivity (Wildman–Crippen MR) is 150 cm³/mol. The van der Waals surface area contributed by atoms with Crippen LogP contribution >= 0.6 is 0 Å². The minimum atomic E-state index is -0.461. The van der Waals surface area contributed by atoms with Gasteiger partial charge in [-0.1, -0.05) is 123 Å². The average molecular weight is 473 g/mol. The number of benzene rings is 4. The molecule has 36 heavy (non-hydrogen) atoms. The van der Waals surface area contributed by atoms with Crippen LogP contribution in [0.15, 0.2) is 132 Å². The minimum Gasteiger partial charge on any atom is -0.180 e. The second-order valence-electron chi connectivity index (χ2n) is 10.5. The van der Waals surface area contributed by atoms with Gasteiger partial charge in [-0.15, -0.1) is 0 Å². The summed E-state index contributed by atoms with van der Waals surface area (Å²) in [5, 5.41) is 10.3. The van der Waals surface area contributed by atoms with Gasteiger partial charge in [0.2, 0.25) is 0 Å². The Labute approximate surface area is 216 Å². The summed E-state index contributed by atoms with van der Waals surface area (Å²) in [5.41, 5.74) is 3.85. The molecule has 0 amide bonds. The first-order chi connectivity index (χ1) is 17.7. The highest BCUT2D eigenvalue weighted by molar-refractivity contribution is 5.55. The third-order valence-electron chi connectivity index (χ3n) is 8.23. The van der Waals surface area contributed by atoms with E-state index < -0.39 is 11.0 Å². The molecule has 0 radical (unpaired) electrons. The van der Waals surface area contributed by atoms with Crippen molar-refractivity contribution < 1.29 is 0 Å². The molecule has 0 bridgehead atoms. The fourth-order valence-corrected chi connectivity index (χ4v) is 6.35. The Morgan fingerprint density at radius 2 is 1.00 bits per heavy atom. The van der Waals surface area contributed by atoms with E-state index >= 15 is 0 Å². The van der Waals surface area contributed by atoms with Crippen LogP contribution in [0.3, 0.4) is 0 Å². The standard InChI is InChI=1S/C34H36N2/c1-27(2)28-23-25-33(26-24-28,36-35-32-21-13-6-14-22-32)34(29-15-7-3-8-16-29,30-17-9-4-10-18-30)31-19-11-5-12-20-31/h3-22,27-28H,23-26H2,1-2H3. The highest BCUT2D eigenvalue weighted by Crippen LogP contribution is 2.56. The maximum atomic E-state index is 5.41. The molecular weight excluding hydrogens is 436 g/mol. The first-order valence-corrected chi connectivity index (χ1v) is 13.3. The van der Waals surface area contributed by atoms with Crippen LogP contribution in [0.1, 0.15) is 56.2 Å². The molecule has 0 unspecified atom stereocenters. The van der Waals surface area contributed by atoms with E-state index in [1.54, 1.807) is 0 Å². The van der Waals surface area contributed by atoms with Gasteiger partial charge in [0.25, 0.3) is 0 Å². The van der Waals surface area contributed by atoms with Crippen molar-refractivity contribution >= 4 is 5.69 Å². The Morgan fingerprint density at radius 3 is 1.39 bits per heavy atom. The highest BCUT2D eigenvalue weighted by atomic mass is 15.2. The molecular formula is C34H36N2. The molecule has 0 aromatic heterocycles. The summed E-state index contributed by atoms with van der Waals surface area (Å²) in [6, 6.07) is 43.2. The molecule has 2 nitrogen and oxygen atoms in total. The number of hydrogen-bond acceptors (Lipinski definition) is 2. The fraction of sp³-hybridized carbons (Fsp3) is 0.294. The lowest BCUT2D eigenvalue weighted by atomic mass is 9.53. The fourth-order valence-electron chi connectivity index (χ4n) is 6.35. The zero-order chi connectivity index (χ0) is 24.8. The van der Waals surface area contributed by atoms with Gasteiger partial charge in [0.05, 0.1) is 16.6 Å². The Balaban J connectivity index is 1.81. The van der Waals surface area contributed by atoms with Crippen molar-refractivity contribution in [2.24, 2.45) is 22.1 Å². The van der Waals surface area contributed by atoms with Crippen LogP contribution in [0.5, 0.6) is 0 Å². The molecule has 0 aliphatic heterocycles. The van der Waals surface area contributed by atoms with E-state index in [2.05, 4.69) is 105 Å². The number of rotatable bonds is 7. The monoisotopic (exact) mass is 472 g/mol. The second-order valence-corrected chi connectivity index (χ2v) is 10.5. The van der Waals surface area contributed by atoms with Crippen LogP contribution in [0, 0.1) is 11.8 Å². The molecule has 1 aliphatic rings. The van der Waals surface area contributed by atoms with Gasteiger partial charge in [-0.2, -0.15) is 10.2 Å². The molecule has 0 spiro atoms. The van der Waals surface area contributed by atoms with Crippen LogP contribution in [0.25, 0.3) is 0 Å². The molecule has 0 saturated heterocycles. The summed E-state index contributed by atoms with van der Waals surface area (Å²) in [4.78, 5) is 0. The van der Waals surface area contributed by atoms with Gasteiger partial charge >= 0.3 is 0 Å². The lowest BCUT2D eigenvalue weighted by molar-refractivity contribution is 0.147. The summed E-state index contributed by atoms with van der Waals surface area (Å²) in [5.74, 6) is 1.39. The molecule has 0 N–H and O–H groups in total. The zero-order valence-electron chi connectivity index (χ0n) is 21.4. The summed E-state index contributed by atoms with van der Waals surface area (Å²) in [7, 11) is 0. The SMILES string of the molecule is CC(C)C1CCC(N=Nc2ccccc2)(C(c2ccccc2)(c2ccccc2)c2ccccc2)CC1. The van der Waals surface area contributed by atoms with Gasteiger partial charge in [-0.25, -0.2) is 0 Å². The third-order valence-corrected chi connectivity index (χ3v) is 8.23. The van der Waals surface area contributed by atoms with Gasteiger partial charge in [0, 0.05) is 0 Å². The van der Waals surface area contributed by atoms with Crippen molar-refractivity contribution in [1.29, 1.82) is 0 Å². The lowest BCUT2D eigenvalue weighted by Gasteiger charge is -2.52. The summed E-state index contributed by atoms with van der Waals surface area (Å²) < 4.78 is 0. The number of azo groups is 1. The van der Waals surface area contributed by atoms with Crippen molar-refractivity contribution in [2.45, 2.75) is 50.5 Å². The largest absolute Gasteiger partial charge is 0.180 e. The quantitative estimate of drug-likeness (QED) is 0.189. The molecule has 0 heterocycles. The average Bonchev–Trinajstić information content (AvgIpc) is 2.95. The Hall–Kier alpha value is -3.52. The van der Waals surface area contributed by atoms with Gasteiger partial charge in [0.15, 0.2) is 0 Å². The smallest absolute Gasteiger partial charge is 0.0997 e. The van der Waals surface area contributed by atoms with Gasteiger partial charge in [-0.05, 0) is 66.3 Å². The summed E-state index contributed by atoms with van der Waals surface area (Å²) in [6.45, 7) is 4.73. The first kappa shape index (κ1) is 24.2. The van der Waals surface area contributed by atoms with Crippen molar-refractivity contribution in [2.75, 3.05) is 0 Å². The van der Waals surface area contributed by atoms with Crippen molar-refractivity contribution in [3.63, 3.8) is 0 Å². The molecule has 2 heteroatoms. The van der Waals surface area contributed by atoms with Gasteiger partial charge in [0.1, 0.15) is 0 Å². The summed E-state index contributed by atoms with van der Waals surface area (Å²) in [6.07, 6.45) is 4.29. The molecule has 1 aliphatic carbocycles. The molecule has 1 fully saturated rings. The van der Waals surface area contributed by atoms with Crippen LogP contribution in [0.4, 0.5) is 5.69 Å². The van der Waals surface area contributed by atoms with Crippen molar-refractivity contribution in [1.82, 2.24) is 0 Å². The van der Waals surface area contributed by atoms with E-state index in [1.165, 1.54) is 16.7 Å². The molecule has 1 saturated carbocycles. The zero-order valence-corrected chi connectivity index (χ0v) is 21.4. The van der Waals surface area contributed by atoms with E-state index in [9.17, 15) is 0 Å². The molecule has 0 atom stereocenters. The Kier molecular flexibility index (Phi) is 7.13. The van der Waals surface area contributed by atoms with Crippen LogP contribution in [0.2, 0.25) is 0 Å². The predicted octanol–water partition coefficient (Wildman–Crippen LogP) is 9.39. The second kappa shape index (κ2) is 10.6. The van der Waals surface area contributed by atoms with Crippen LogP contribution < -0.4 is 0 Å². The Bertz CT molecular complexity index is 1140. The topological polar surface area (TPSA) is 24.7 Å². The van der Waals surface area contributed by atoms with Crippen LogP contribution in [-0.4, -0.2) is 5.54 Å². The molecule has 5 rings (SSSR count). The third kappa shape index (κ3) is 4.41. The maximum absolute atomic E-state index is 5.41. The molecule has 4 aromatic carbocycles. The molecule has 182 valence electrons. The highest BCUT2D eigenvalue weighted by Gasteiger charge is 2.56. The number of hydrogen-bond donors (Lipinski definition) is 0. The lowest BCUT2D eigenvalue weighted by Crippen LogP contribution is -2.54. The van der Waals surface area contributed by atoms with E-state index in [-0.39, 0.29) is 0 Å². The summed E-state index contributed by atoms with van der Waals surface area (Å²) >= 11 is 0. The van der Waals surface area contributed by atoms with Gasteiger partial charge < -0.3 is 0 Å². The van der Waals surface area contributed by atoms with E-state index in [0.717, 1.165) is 31.4 Å². The van der Waals surface area contributed by atoms with Crippen molar-refractivity contribution in [3.05, 3.63) is 138 Å².